The van der Waals surface area contributed by atoms with E-state index in [0.29, 0.717) is 11.7 Å². The van der Waals surface area contributed by atoms with E-state index in [2.05, 4.69) is 15.4 Å². The topological polar surface area (TPSA) is 43.6 Å². The van der Waals surface area contributed by atoms with Crippen LogP contribution in [0.3, 0.4) is 0 Å². The van der Waals surface area contributed by atoms with E-state index in [-0.39, 0.29) is 0 Å². The molecule has 3 rings (SSSR count). The minimum absolute atomic E-state index is 0.466. The highest BCUT2D eigenvalue weighted by atomic mass is 35.5. The number of halogens is 1. The molecular formula is C14H11ClN4. The summed E-state index contributed by atoms with van der Waals surface area (Å²) in [5.74, 6) is 1.07. The lowest BCUT2D eigenvalue weighted by molar-refractivity contribution is 0.719. The normalized spacial score (nSPS) is 10.6. The Labute approximate surface area is 115 Å². The van der Waals surface area contributed by atoms with Crippen LogP contribution in [-0.2, 0) is 5.88 Å². The summed E-state index contributed by atoms with van der Waals surface area (Å²) in [6, 6.07) is 17.5. The van der Waals surface area contributed by atoms with E-state index in [9.17, 15) is 0 Å². The molecule has 0 saturated carbocycles. The van der Waals surface area contributed by atoms with Crippen molar-refractivity contribution >= 4 is 11.6 Å². The molecule has 4 nitrogen and oxygen atoms in total. The molecule has 0 fully saturated rings. The second-order valence-corrected chi connectivity index (χ2v) is 4.34. The average molecular weight is 271 g/mol. The van der Waals surface area contributed by atoms with Gasteiger partial charge in [0.1, 0.15) is 0 Å². The van der Waals surface area contributed by atoms with Gasteiger partial charge in [0.25, 0.3) is 0 Å². The number of alkyl halides is 1. The maximum atomic E-state index is 5.82. The van der Waals surface area contributed by atoms with Crippen molar-refractivity contribution in [2.45, 2.75) is 5.88 Å². The average Bonchev–Trinajstić information content (AvgIpc) is 2.98. The maximum absolute atomic E-state index is 5.82. The van der Waals surface area contributed by atoms with Gasteiger partial charge in [-0.15, -0.1) is 26.6 Å². The molecule has 0 unspecified atom stereocenters. The van der Waals surface area contributed by atoms with Crippen molar-refractivity contribution in [3.63, 3.8) is 0 Å². The van der Waals surface area contributed by atoms with Crippen molar-refractivity contribution in [1.29, 1.82) is 0 Å². The molecule has 0 atom stereocenters. The molecule has 19 heavy (non-hydrogen) atoms. The zero-order chi connectivity index (χ0) is 13.1. The SMILES string of the molecule is ClCc1cccc(-n2nnc(-c3ccccc3)n2)c1. The lowest BCUT2D eigenvalue weighted by atomic mass is 10.2. The number of benzene rings is 2. The van der Waals surface area contributed by atoms with Crippen LogP contribution in [0, 0.1) is 0 Å². The number of rotatable bonds is 3. The molecule has 0 bridgehead atoms. The molecule has 5 heteroatoms. The zero-order valence-corrected chi connectivity index (χ0v) is 10.8. The van der Waals surface area contributed by atoms with Crippen molar-refractivity contribution in [3.05, 3.63) is 60.2 Å². The first-order valence-corrected chi connectivity index (χ1v) is 6.41. The van der Waals surface area contributed by atoms with E-state index in [1.165, 1.54) is 4.80 Å². The molecule has 0 saturated heterocycles. The summed E-state index contributed by atoms with van der Waals surface area (Å²) < 4.78 is 0. The number of nitrogens with zero attached hydrogens (tertiary/aromatic N) is 4. The second-order valence-electron chi connectivity index (χ2n) is 4.07. The van der Waals surface area contributed by atoms with Gasteiger partial charge in [-0.05, 0) is 22.9 Å². The lowest BCUT2D eigenvalue weighted by Crippen LogP contribution is -1.99. The third-order valence-electron chi connectivity index (χ3n) is 2.74. The summed E-state index contributed by atoms with van der Waals surface area (Å²) in [6.07, 6.45) is 0. The maximum Gasteiger partial charge on any atom is 0.205 e. The number of aromatic nitrogens is 4. The molecule has 1 aromatic heterocycles. The Morgan fingerprint density at radius 3 is 2.63 bits per heavy atom. The Morgan fingerprint density at radius 2 is 1.84 bits per heavy atom. The van der Waals surface area contributed by atoms with Gasteiger partial charge in [0.05, 0.1) is 5.69 Å². The Balaban J connectivity index is 1.97. The predicted molar refractivity (Wildman–Crippen MR) is 74.1 cm³/mol. The molecule has 2 aromatic carbocycles. The van der Waals surface area contributed by atoms with Crippen LogP contribution in [-0.4, -0.2) is 20.2 Å². The van der Waals surface area contributed by atoms with E-state index in [0.717, 1.165) is 16.8 Å². The largest absolute Gasteiger partial charge is 0.205 e. The van der Waals surface area contributed by atoms with Crippen molar-refractivity contribution < 1.29 is 0 Å². The van der Waals surface area contributed by atoms with Crippen LogP contribution in [0.15, 0.2) is 54.6 Å². The highest BCUT2D eigenvalue weighted by molar-refractivity contribution is 6.17. The molecule has 0 spiro atoms. The molecule has 94 valence electrons. The minimum Gasteiger partial charge on any atom is -0.130 e. The van der Waals surface area contributed by atoms with Gasteiger partial charge in [0.15, 0.2) is 0 Å². The van der Waals surface area contributed by atoms with E-state index >= 15 is 0 Å². The van der Waals surface area contributed by atoms with Crippen molar-refractivity contribution in [2.75, 3.05) is 0 Å². The Hall–Kier alpha value is -2.20. The zero-order valence-electron chi connectivity index (χ0n) is 10.1. The first-order valence-electron chi connectivity index (χ1n) is 5.87. The number of hydrogen-bond acceptors (Lipinski definition) is 3. The van der Waals surface area contributed by atoms with E-state index in [1.807, 2.05) is 54.6 Å². The van der Waals surface area contributed by atoms with Crippen LogP contribution < -0.4 is 0 Å². The molecule has 0 aliphatic carbocycles. The molecule has 3 aromatic rings. The summed E-state index contributed by atoms with van der Waals surface area (Å²) in [5, 5.41) is 12.5. The quantitative estimate of drug-likeness (QED) is 0.687. The Morgan fingerprint density at radius 1 is 1.00 bits per heavy atom. The summed E-state index contributed by atoms with van der Waals surface area (Å²) in [4.78, 5) is 1.51. The first-order chi connectivity index (χ1) is 9.36. The van der Waals surface area contributed by atoms with Gasteiger partial charge < -0.3 is 0 Å². The van der Waals surface area contributed by atoms with Crippen LogP contribution in [0.4, 0.5) is 0 Å². The van der Waals surface area contributed by atoms with E-state index in [4.69, 9.17) is 11.6 Å². The van der Waals surface area contributed by atoms with Crippen LogP contribution in [0.5, 0.6) is 0 Å². The van der Waals surface area contributed by atoms with E-state index in [1.54, 1.807) is 0 Å². The van der Waals surface area contributed by atoms with Gasteiger partial charge in [-0.2, -0.15) is 0 Å². The van der Waals surface area contributed by atoms with Crippen LogP contribution >= 0.6 is 11.6 Å². The van der Waals surface area contributed by atoms with E-state index < -0.39 is 0 Å². The fourth-order valence-corrected chi connectivity index (χ4v) is 1.96. The summed E-state index contributed by atoms with van der Waals surface area (Å²) in [5.41, 5.74) is 2.83. The van der Waals surface area contributed by atoms with Gasteiger partial charge in [-0.3, -0.25) is 0 Å². The third kappa shape index (κ3) is 2.48. The smallest absolute Gasteiger partial charge is 0.130 e. The van der Waals surface area contributed by atoms with Gasteiger partial charge in [-0.1, -0.05) is 42.5 Å². The molecular weight excluding hydrogens is 260 g/mol. The van der Waals surface area contributed by atoms with Crippen LogP contribution in [0.2, 0.25) is 0 Å². The van der Waals surface area contributed by atoms with Crippen molar-refractivity contribution in [3.8, 4) is 17.1 Å². The molecule has 0 amide bonds. The molecule has 0 N–H and O–H groups in total. The Kier molecular flexibility index (Phi) is 3.25. The van der Waals surface area contributed by atoms with Crippen molar-refractivity contribution in [1.82, 2.24) is 20.2 Å². The number of tetrazole rings is 1. The third-order valence-corrected chi connectivity index (χ3v) is 3.05. The van der Waals surface area contributed by atoms with Crippen LogP contribution in [0.1, 0.15) is 5.56 Å². The highest BCUT2D eigenvalue weighted by Gasteiger charge is 2.06. The van der Waals surface area contributed by atoms with Gasteiger partial charge in [0.2, 0.25) is 5.82 Å². The lowest BCUT2D eigenvalue weighted by Gasteiger charge is -2.00. The standard InChI is InChI=1S/C14H11ClN4/c15-10-11-5-4-8-13(9-11)19-17-14(16-18-19)12-6-2-1-3-7-12/h1-9H,10H2. The van der Waals surface area contributed by atoms with Crippen molar-refractivity contribution in [2.24, 2.45) is 0 Å². The molecule has 0 aliphatic rings. The molecule has 0 radical (unpaired) electrons. The highest BCUT2D eigenvalue weighted by Crippen LogP contribution is 2.15. The summed E-state index contributed by atoms with van der Waals surface area (Å²) >= 11 is 5.82. The van der Waals surface area contributed by atoms with Gasteiger partial charge >= 0.3 is 0 Å². The molecule has 0 aliphatic heterocycles. The summed E-state index contributed by atoms with van der Waals surface area (Å²) in [6.45, 7) is 0. The predicted octanol–water partition coefficient (Wildman–Crippen LogP) is 3.07. The fraction of sp³-hybridized carbons (Fsp3) is 0.0714. The molecule has 1 heterocycles. The minimum atomic E-state index is 0.466. The fourth-order valence-electron chi connectivity index (χ4n) is 1.79. The van der Waals surface area contributed by atoms with Gasteiger partial charge in [0, 0.05) is 11.4 Å². The summed E-state index contributed by atoms with van der Waals surface area (Å²) in [7, 11) is 0. The Bertz CT molecular complexity index is 679. The number of hydrogen-bond donors (Lipinski definition) is 0. The van der Waals surface area contributed by atoms with Crippen LogP contribution in [0.25, 0.3) is 17.1 Å². The first kappa shape index (κ1) is 11.9. The monoisotopic (exact) mass is 270 g/mol. The second kappa shape index (κ2) is 5.20. The van der Waals surface area contributed by atoms with Gasteiger partial charge in [-0.25, -0.2) is 0 Å².